The van der Waals surface area contributed by atoms with Gasteiger partial charge in [-0.25, -0.2) is 9.37 Å². The molecule has 1 amide bonds. The van der Waals surface area contributed by atoms with Gasteiger partial charge in [0.1, 0.15) is 5.82 Å². The molecule has 0 spiro atoms. The number of carbonyl (C=O) groups is 1. The average Bonchev–Trinajstić information content (AvgIpc) is 2.90. The first-order valence-electron chi connectivity index (χ1n) is 7.70. The van der Waals surface area contributed by atoms with Crippen molar-refractivity contribution in [3.63, 3.8) is 0 Å². The minimum Gasteiger partial charge on any atom is -0.342 e. The van der Waals surface area contributed by atoms with Crippen LogP contribution in [0.5, 0.6) is 0 Å². The Balaban J connectivity index is 1.91. The smallest absolute Gasteiger partial charge is 0.249 e. The van der Waals surface area contributed by atoms with Gasteiger partial charge in [0.15, 0.2) is 0 Å². The SMILES string of the molecule is Cc1cn(-c2ccc(/C=C3\C[C@@H](C)CN(C)C3=O)cc2F)cn1. The highest BCUT2D eigenvalue weighted by Gasteiger charge is 2.24. The van der Waals surface area contributed by atoms with E-state index in [4.69, 9.17) is 0 Å². The van der Waals surface area contributed by atoms with Gasteiger partial charge in [0.25, 0.3) is 0 Å². The number of rotatable bonds is 2. The summed E-state index contributed by atoms with van der Waals surface area (Å²) >= 11 is 0. The number of carbonyl (C=O) groups excluding carboxylic acids is 1. The molecule has 1 saturated heterocycles. The molecule has 1 aliphatic rings. The molecule has 0 saturated carbocycles. The minimum absolute atomic E-state index is 0.0258. The Kier molecular flexibility index (Phi) is 4.03. The predicted molar refractivity (Wildman–Crippen MR) is 87.7 cm³/mol. The van der Waals surface area contributed by atoms with Crippen LogP contribution >= 0.6 is 0 Å². The summed E-state index contributed by atoms with van der Waals surface area (Å²) in [6.07, 6.45) is 5.89. The van der Waals surface area contributed by atoms with Crippen molar-refractivity contribution in [1.29, 1.82) is 0 Å². The molecule has 1 aromatic carbocycles. The van der Waals surface area contributed by atoms with Crippen molar-refractivity contribution in [1.82, 2.24) is 14.5 Å². The van der Waals surface area contributed by atoms with E-state index >= 15 is 0 Å². The molecule has 2 heterocycles. The van der Waals surface area contributed by atoms with Gasteiger partial charge in [-0.3, -0.25) is 4.79 Å². The van der Waals surface area contributed by atoms with Crippen molar-refractivity contribution in [3.05, 3.63) is 53.4 Å². The number of benzene rings is 1. The zero-order valence-electron chi connectivity index (χ0n) is 13.6. The minimum atomic E-state index is -0.332. The van der Waals surface area contributed by atoms with E-state index in [-0.39, 0.29) is 11.7 Å². The molecule has 120 valence electrons. The molecule has 2 aromatic rings. The molecule has 1 aliphatic heterocycles. The van der Waals surface area contributed by atoms with Crippen molar-refractivity contribution in [2.75, 3.05) is 13.6 Å². The molecule has 1 aromatic heterocycles. The Bertz CT molecular complexity index is 778. The van der Waals surface area contributed by atoms with Crippen LogP contribution in [0.15, 0.2) is 36.3 Å². The van der Waals surface area contributed by atoms with Gasteiger partial charge in [-0.2, -0.15) is 0 Å². The van der Waals surface area contributed by atoms with Gasteiger partial charge in [-0.1, -0.05) is 13.0 Å². The molecule has 4 nitrogen and oxygen atoms in total. The number of imidazole rings is 1. The van der Waals surface area contributed by atoms with Crippen molar-refractivity contribution < 1.29 is 9.18 Å². The van der Waals surface area contributed by atoms with Crippen LogP contribution < -0.4 is 0 Å². The summed E-state index contributed by atoms with van der Waals surface area (Å²) in [6.45, 7) is 4.74. The lowest BCUT2D eigenvalue weighted by atomic mass is 9.93. The predicted octanol–water partition coefficient (Wildman–Crippen LogP) is 3.20. The highest BCUT2D eigenvalue weighted by Crippen LogP contribution is 2.24. The molecule has 5 heteroatoms. The van der Waals surface area contributed by atoms with Gasteiger partial charge in [-0.05, 0) is 43.0 Å². The molecule has 3 rings (SSSR count). The van der Waals surface area contributed by atoms with E-state index in [1.807, 2.05) is 13.0 Å². The maximum absolute atomic E-state index is 14.4. The molecule has 0 unspecified atom stereocenters. The second-order valence-corrected chi connectivity index (χ2v) is 6.30. The highest BCUT2D eigenvalue weighted by atomic mass is 19.1. The number of hydrogen-bond acceptors (Lipinski definition) is 2. The maximum Gasteiger partial charge on any atom is 0.249 e. The Labute approximate surface area is 135 Å². The molecule has 0 aliphatic carbocycles. The third-order valence-corrected chi connectivity index (χ3v) is 4.08. The van der Waals surface area contributed by atoms with E-state index in [2.05, 4.69) is 11.9 Å². The monoisotopic (exact) mass is 313 g/mol. The fourth-order valence-electron chi connectivity index (χ4n) is 3.02. The molecule has 0 bridgehead atoms. The van der Waals surface area contributed by atoms with E-state index in [9.17, 15) is 9.18 Å². The molecular weight excluding hydrogens is 293 g/mol. The maximum atomic E-state index is 14.4. The van der Waals surface area contributed by atoms with Crippen LogP contribution in [0.25, 0.3) is 11.8 Å². The van der Waals surface area contributed by atoms with Crippen molar-refractivity contribution in [3.8, 4) is 5.69 Å². The summed E-state index contributed by atoms with van der Waals surface area (Å²) in [5.74, 6) is 0.112. The number of amides is 1. The third-order valence-electron chi connectivity index (χ3n) is 4.08. The van der Waals surface area contributed by atoms with Crippen molar-refractivity contribution in [2.24, 2.45) is 5.92 Å². The Morgan fingerprint density at radius 1 is 1.39 bits per heavy atom. The molecule has 1 atom stereocenters. The van der Waals surface area contributed by atoms with Crippen LogP contribution in [0.3, 0.4) is 0 Å². The number of hydrogen-bond donors (Lipinski definition) is 0. The first kappa shape index (κ1) is 15.5. The van der Waals surface area contributed by atoms with Gasteiger partial charge < -0.3 is 9.47 Å². The molecule has 1 fully saturated rings. The van der Waals surface area contributed by atoms with Gasteiger partial charge in [0, 0.05) is 25.4 Å². The summed E-state index contributed by atoms with van der Waals surface area (Å²) in [5, 5.41) is 0. The van der Waals surface area contributed by atoms with E-state index in [0.717, 1.165) is 24.2 Å². The second-order valence-electron chi connectivity index (χ2n) is 6.30. The van der Waals surface area contributed by atoms with Crippen LogP contribution in [-0.2, 0) is 4.79 Å². The number of piperidine rings is 1. The first-order valence-corrected chi connectivity index (χ1v) is 7.70. The fraction of sp³-hybridized carbons (Fsp3) is 0.333. The number of likely N-dealkylation sites (tertiary alicyclic amines) is 1. The highest BCUT2D eigenvalue weighted by molar-refractivity contribution is 5.98. The fourth-order valence-corrected chi connectivity index (χ4v) is 3.02. The number of halogens is 1. The standard InChI is InChI=1S/C18H20FN3O/c1-12-6-15(18(23)21(3)9-12)7-14-4-5-17(16(19)8-14)22-10-13(2)20-11-22/h4-5,7-8,10-12H,6,9H2,1-3H3/b15-7+/t12-/m1/s1. The normalized spacial score (nSPS) is 20.3. The lowest BCUT2D eigenvalue weighted by Gasteiger charge is -2.29. The van der Waals surface area contributed by atoms with E-state index in [0.29, 0.717) is 17.2 Å². The van der Waals surface area contributed by atoms with Crippen LogP contribution in [0.2, 0.25) is 0 Å². The molecular formula is C18H20FN3O. The summed E-state index contributed by atoms with van der Waals surface area (Å²) in [4.78, 5) is 18.0. The second kappa shape index (κ2) is 5.99. The Morgan fingerprint density at radius 3 is 2.83 bits per heavy atom. The first-order chi connectivity index (χ1) is 10.9. The van der Waals surface area contributed by atoms with E-state index in [1.54, 1.807) is 41.2 Å². The van der Waals surface area contributed by atoms with E-state index < -0.39 is 0 Å². The number of likely N-dealkylation sites (N-methyl/N-ethyl adjacent to an activating group) is 1. The largest absolute Gasteiger partial charge is 0.342 e. The zero-order chi connectivity index (χ0) is 16.6. The lowest BCUT2D eigenvalue weighted by molar-refractivity contribution is -0.128. The van der Waals surface area contributed by atoms with Crippen LogP contribution in [0.1, 0.15) is 24.6 Å². The lowest BCUT2D eigenvalue weighted by Crippen LogP contribution is -2.37. The van der Waals surface area contributed by atoms with Gasteiger partial charge in [-0.15, -0.1) is 0 Å². The van der Waals surface area contributed by atoms with Crippen LogP contribution in [0, 0.1) is 18.7 Å². The Hall–Kier alpha value is -2.43. The molecule has 0 radical (unpaired) electrons. The van der Waals surface area contributed by atoms with Crippen molar-refractivity contribution >= 4 is 12.0 Å². The third kappa shape index (κ3) is 3.18. The van der Waals surface area contributed by atoms with Crippen LogP contribution in [0.4, 0.5) is 4.39 Å². The number of aromatic nitrogens is 2. The summed E-state index contributed by atoms with van der Waals surface area (Å²) in [5.41, 5.74) is 2.72. The Morgan fingerprint density at radius 2 is 2.17 bits per heavy atom. The summed E-state index contributed by atoms with van der Waals surface area (Å²) < 4.78 is 16.0. The number of aryl methyl sites for hydroxylation is 1. The van der Waals surface area contributed by atoms with Gasteiger partial charge >= 0.3 is 0 Å². The van der Waals surface area contributed by atoms with Gasteiger partial charge in [0.2, 0.25) is 5.91 Å². The summed E-state index contributed by atoms with van der Waals surface area (Å²) in [7, 11) is 1.80. The molecule has 23 heavy (non-hydrogen) atoms. The number of nitrogens with zero attached hydrogens (tertiary/aromatic N) is 3. The van der Waals surface area contributed by atoms with Crippen molar-refractivity contribution in [2.45, 2.75) is 20.3 Å². The topological polar surface area (TPSA) is 38.1 Å². The van der Waals surface area contributed by atoms with Gasteiger partial charge in [0.05, 0.1) is 17.7 Å². The average molecular weight is 313 g/mol. The summed E-state index contributed by atoms with van der Waals surface area (Å²) in [6, 6.07) is 5.00. The quantitative estimate of drug-likeness (QED) is 0.799. The van der Waals surface area contributed by atoms with E-state index in [1.165, 1.54) is 6.07 Å². The molecule has 0 N–H and O–H groups in total. The zero-order valence-corrected chi connectivity index (χ0v) is 13.6. The van der Waals surface area contributed by atoms with Crippen LogP contribution in [-0.4, -0.2) is 34.0 Å².